The van der Waals surface area contributed by atoms with E-state index in [1.165, 1.54) is 6.08 Å². The van der Waals surface area contributed by atoms with Crippen molar-refractivity contribution in [1.29, 1.82) is 0 Å². The minimum atomic E-state index is -0.359. The van der Waals surface area contributed by atoms with Crippen LogP contribution in [0.15, 0.2) is 54.6 Å². The SMILES string of the molecule is COc1ccc(/C=C/C(=O)Nc2ccccc2C(=O)NC(C)(C)C)cc1. The summed E-state index contributed by atoms with van der Waals surface area (Å²) in [6.07, 6.45) is 3.13. The van der Waals surface area contributed by atoms with Crippen LogP contribution in [0.25, 0.3) is 6.08 Å². The number of carbonyl (C=O) groups excluding carboxylic acids is 2. The molecule has 2 rings (SSSR count). The van der Waals surface area contributed by atoms with Crippen LogP contribution in [0.3, 0.4) is 0 Å². The van der Waals surface area contributed by atoms with Crippen molar-refractivity contribution in [3.8, 4) is 5.75 Å². The summed E-state index contributed by atoms with van der Waals surface area (Å²) in [6, 6.07) is 14.3. The maximum Gasteiger partial charge on any atom is 0.253 e. The Labute approximate surface area is 154 Å². The van der Waals surface area contributed by atoms with Crippen molar-refractivity contribution in [2.75, 3.05) is 12.4 Å². The van der Waals surface area contributed by atoms with Gasteiger partial charge in [-0.3, -0.25) is 9.59 Å². The molecule has 0 fully saturated rings. The molecule has 2 aromatic rings. The summed E-state index contributed by atoms with van der Waals surface area (Å²) in [5.74, 6) is 0.217. The van der Waals surface area contributed by atoms with Gasteiger partial charge in [-0.15, -0.1) is 0 Å². The monoisotopic (exact) mass is 352 g/mol. The third-order valence-corrected chi connectivity index (χ3v) is 3.46. The molecule has 5 nitrogen and oxygen atoms in total. The van der Waals surface area contributed by atoms with E-state index in [1.807, 2.05) is 45.0 Å². The van der Waals surface area contributed by atoms with Crippen molar-refractivity contribution in [2.45, 2.75) is 26.3 Å². The smallest absolute Gasteiger partial charge is 0.253 e. The van der Waals surface area contributed by atoms with E-state index < -0.39 is 0 Å². The average molecular weight is 352 g/mol. The van der Waals surface area contributed by atoms with E-state index in [0.717, 1.165) is 11.3 Å². The summed E-state index contributed by atoms with van der Waals surface area (Å²) in [6.45, 7) is 5.72. The molecular weight excluding hydrogens is 328 g/mol. The Balaban J connectivity index is 2.09. The summed E-state index contributed by atoms with van der Waals surface area (Å²) in [7, 11) is 1.60. The van der Waals surface area contributed by atoms with Crippen molar-refractivity contribution in [1.82, 2.24) is 5.32 Å². The van der Waals surface area contributed by atoms with Gasteiger partial charge in [-0.05, 0) is 56.7 Å². The van der Waals surface area contributed by atoms with Crippen LogP contribution in [0, 0.1) is 0 Å². The fraction of sp³-hybridized carbons (Fsp3) is 0.238. The predicted molar refractivity (Wildman–Crippen MR) is 104 cm³/mol. The van der Waals surface area contributed by atoms with Crippen LogP contribution in [-0.2, 0) is 4.79 Å². The predicted octanol–water partition coefficient (Wildman–Crippen LogP) is 3.88. The lowest BCUT2D eigenvalue weighted by molar-refractivity contribution is -0.111. The second-order valence-electron chi connectivity index (χ2n) is 6.85. The number of hydrogen-bond donors (Lipinski definition) is 2. The lowest BCUT2D eigenvalue weighted by atomic mass is 10.1. The highest BCUT2D eigenvalue weighted by Gasteiger charge is 2.18. The molecule has 0 radical (unpaired) electrons. The van der Waals surface area contributed by atoms with E-state index in [4.69, 9.17) is 4.74 Å². The lowest BCUT2D eigenvalue weighted by Crippen LogP contribution is -2.40. The first-order valence-corrected chi connectivity index (χ1v) is 8.33. The first-order chi connectivity index (χ1) is 12.3. The topological polar surface area (TPSA) is 67.4 Å². The zero-order chi connectivity index (χ0) is 19.2. The van der Waals surface area contributed by atoms with Crippen molar-refractivity contribution in [3.05, 3.63) is 65.7 Å². The fourth-order valence-electron chi connectivity index (χ4n) is 2.26. The van der Waals surface area contributed by atoms with Crippen LogP contribution in [0.5, 0.6) is 5.75 Å². The summed E-state index contributed by atoms with van der Waals surface area (Å²) in [5, 5.41) is 5.66. The maximum atomic E-state index is 12.4. The molecule has 0 unspecified atom stereocenters. The van der Waals surface area contributed by atoms with Gasteiger partial charge < -0.3 is 15.4 Å². The van der Waals surface area contributed by atoms with Gasteiger partial charge in [0, 0.05) is 11.6 Å². The van der Waals surface area contributed by atoms with Crippen LogP contribution >= 0.6 is 0 Å². The molecule has 2 N–H and O–H groups in total. The minimum absolute atomic E-state index is 0.229. The van der Waals surface area contributed by atoms with Gasteiger partial charge in [0.1, 0.15) is 5.75 Å². The number of amides is 2. The molecule has 0 bridgehead atoms. The summed E-state index contributed by atoms with van der Waals surface area (Å²) in [5.41, 5.74) is 1.41. The summed E-state index contributed by atoms with van der Waals surface area (Å²) in [4.78, 5) is 24.6. The third kappa shape index (κ3) is 5.77. The summed E-state index contributed by atoms with van der Waals surface area (Å²) < 4.78 is 5.10. The van der Waals surface area contributed by atoms with Gasteiger partial charge in [-0.25, -0.2) is 0 Å². The Hall–Kier alpha value is -3.08. The van der Waals surface area contributed by atoms with Gasteiger partial charge in [-0.1, -0.05) is 24.3 Å². The maximum absolute atomic E-state index is 12.4. The van der Waals surface area contributed by atoms with Crippen molar-refractivity contribution in [3.63, 3.8) is 0 Å². The first kappa shape index (κ1) is 19.2. The van der Waals surface area contributed by atoms with Crippen LogP contribution < -0.4 is 15.4 Å². The highest BCUT2D eigenvalue weighted by Crippen LogP contribution is 2.17. The lowest BCUT2D eigenvalue weighted by Gasteiger charge is -2.21. The van der Waals surface area contributed by atoms with Crippen LogP contribution in [0.4, 0.5) is 5.69 Å². The minimum Gasteiger partial charge on any atom is -0.497 e. The molecule has 0 aliphatic rings. The molecular formula is C21H24N2O3. The fourth-order valence-corrected chi connectivity index (χ4v) is 2.26. The van der Waals surface area contributed by atoms with Crippen LogP contribution in [0.1, 0.15) is 36.7 Å². The molecule has 26 heavy (non-hydrogen) atoms. The molecule has 2 amide bonds. The average Bonchev–Trinajstić information content (AvgIpc) is 2.59. The molecule has 5 heteroatoms. The first-order valence-electron chi connectivity index (χ1n) is 8.33. The number of ether oxygens (including phenoxy) is 1. The molecule has 0 aromatic heterocycles. The normalized spacial score (nSPS) is 11.2. The van der Waals surface area contributed by atoms with E-state index in [0.29, 0.717) is 11.3 Å². The molecule has 0 aliphatic carbocycles. The van der Waals surface area contributed by atoms with Gasteiger partial charge in [0.25, 0.3) is 5.91 Å². The molecule has 0 saturated heterocycles. The third-order valence-electron chi connectivity index (χ3n) is 3.46. The van der Waals surface area contributed by atoms with Crippen molar-refractivity contribution in [2.24, 2.45) is 0 Å². The zero-order valence-corrected chi connectivity index (χ0v) is 15.5. The Bertz CT molecular complexity index is 803. The molecule has 2 aromatic carbocycles. The number of methoxy groups -OCH3 is 1. The number of rotatable bonds is 5. The van der Waals surface area contributed by atoms with Gasteiger partial charge in [0.05, 0.1) is 18.4 Å². The highest BCUT2D eigenvalue weighted by atomic mass is 16.5. The number of para-hydroxylation sites is 1. The van der Waals surface area contributed by atoms with Gasteiger partial charge >= 0.3 is 0 Å². The summed E-state index contributed by atoms with van der Waals surface area (Å²) >= 11 is 0. The second kappa shape index (κ2) is 8.34. The van der Waals surface area contributed by atoms with E-state index >= 15 is 0 Å². The number of hydrogen-bond acceptors (Lipinski definition) is 3. The van der Waals surface area contributed by atoms with E-state index in [9.17, 15) is 9.59 Å². The highest BCUT2D eigenvalue weighted by molar-refractivity contribution is 6.07. The van der Waals surface area contributed by atoms with Crippen LogP contribution in [-0.4, -0.2) is 24.5 Å². The van der Waals surface area contributed by atoms with E-state index in [1.54, 1.807) is 37.5 Å². The quantitative estimate of drug-likeness (QED) is 0.803. The van der Waals surface area contributed by atoms with Gasteiger partial charge in [0.15, 0.2) is 0 Å². The van der Waals surface area contributed by atoms with Gasteiger partial charge in [-0.2, -0.15) is 0 Å². The standard InChI is InChI=1S/C21H24N2O3/c1-21(2,3)23-20(25)17-7-5-6-8-18(17)22-19(24)14-11-15-9-12-16(26-4)13-10-15/h5-14H,1-4H3,(H,22,24)(H,23,25)/b14-11+. The Morgan fingerprint density at radius 2 is 1.65 bits per heavy atom. The molecule has 0 saturated carbocycles. The van der Waals surface area contributed by atoms with Crippen LogP contribution in [0.2, 0.25) is 0 Å². The van der Waals surface area contributed by atoms with Crippen molar-refractivity contribution < 1.29 is 14.3 Å². The zero-order valence-electron chi connectivity index (χ0n) is 15.5. The molecule has 0 aliphatic heterocycles. The number of nitrogens with one attached hydrogen (secondary N) is 2. The second-order valence-corrected chi connectivity index (χ2v) is 6.85. The number of benzene rings is 2. The number of anilines is 1. The Morgan fingerprint density at radius 3 is 2.27 bits per heavy atom. The molecule has 0 spiro atoms. The Kier molecular flexibility index (Phi) is 6.17. The molecule has 136 valence electrons. The van der Waals surface area contributed by atoms with E-state index in [2.05, 4.69) is 10.6 Å². The largest absolute Gasteiger partial charge is 0.497 e. The van der Waals surface area contributed by atoms with Gasteiger partial charge in [0.2, 0.25) is 5.91 Å². The van der Waals surface area contributed by atoms with E-state index in [-0.39, 0.29) is 17.4 Å². The number of carbonyl (C=O) groups is 2. The molecule has 0 heterocycles. The van der Waals surface area contributed by atoms with Crippen molar-refractivity contribution >= 4 is 23.6 Å². The Morgan fingerprint density at radius 1 is 1.00 bits per heavy atom. The molecule has 0 atom stereocenters.